The second kappa shape index (κ2) is 16.0. The van der Waals surface area contributed by atoms with E-state index in [2.05, 4.69) is 112 Å². The summed E-state index contributed by atoms with van der Waals surface area (Å²) >= 11 is 0. The van der Waals surface area contributed by atoms with Crippen LogP contribution in [0.25, 0.3) is 22.8 Å². The normalized spacial score (nSPS) is 11.2. The molecule has 4 aromatic rings. The maximum atomic E-state index is 4.61. The summed E-state index contributed by atoms with van der Waals surface area (Å²) in [4.78, 5) is 17.9. The van der Waals surface area contributed by atoms with E-state index in [0.717, 1.165) is 44.9 Å². The van der Waals surface area contributed by atoms with Gasteiger partial charge in [-0.1, -0.05) is 79.7 Å². The molecule has 0 atom stereocenters. The molecule has 4 aromatic heterocycles. The van der Waals surface area contributed by atoms with Gasteiger partial charge in [-0.25, -0.2) is 0 Å². The standard InChI is InChI=1S/2C16H22N2Si.Fe/c2*1-12(2)19(13(3)4)14-8-9-16(18-11-14)15-7-5-6-10-17-15;/h2*5-13,19H,1-4H3;. The van der Waals surface area contributed by atoms with E-state index in [1.165, 1.54) is 10.4 Å². The average Bonchev–Trinajstić information content (AvgIpc) is 2.90. The molecular weight excluding hydrogens is 552 g/mol. The van der Waals surface area contributed by atoms with Crippen LogP contribution in [0.3, 0.4) is 0 Å². The molecule has 4 rings (SSSR count). The SMILES string of the molecule is CC(C)[SiH](c1ccc(-c2ccccn2)nc1)C(C)C.CC(C)[SiH](c1ccc(-c2ccccn2)nc1)C(C)C.[Fe]. The number of rotatable bonds is 8. The predicted octanol–water partition coefficient (Wildman–Crippen LogP) is 6.79. The second-order valence-electron chi connectivity index (χ2n) is 11.4. The first-order chi connectivity index (χ1) is 18.2. The van der Waals surface area contributed by atoms with Crippen molar-refractivity contribution in [1.82, 2.24) is 19.9 Å². The van der Waals surface area contributed by atoms with Gasteiger partial charge in [-0.05, 0) is 68.9 Å². The van der Waals surface area contributed by atoms with Gasteiger partial charge in [0.1, 0.15) is 0 Å². The summed E-state index contributed by atoms with van der Waals surface area (Å²) < 4.78 is 0. The fraction of sp³-hybridized carbons (Fsp3) is 0.375. The molecule has 0 fully saturated rings. The first kappa shape index (κ1) is 32.8. The van der Waals surface area contributed by atoms with Crippen molar-refractivity contribution in [3.05, 3.63) is 85.5 Å². The fourth-order valence-corrected chi connectivity index (χ4v) is 12.9. The van der Waals surface area contributed by atoms with E-state index in [1.807, 2.05) is 48.8 Å². The fourth-order valence-electron chi connectivity index (χ4n) is 5.62. The topological polar surface area (TPSA) is 51.6 Å². The molecule has 0 bridgehead atoms. The third kappa shape index (κ3) is 9.31. The van der Waals surface area contributed by atoms with E-state index in [1.54, 1.807) is 0 Å². The summed E-state index contributed by atoms with van der Waals surface area (Å²) in [5.74, 6) is 0. The van der Waals surface area contributed by atoms with E-state index >= 15 is 0 Å². The van der Waals surface area contributed by atoms with Gasteiger partial charge in [0.25, 0.3) is 0 Å². The number of pyridine rings is 4. The van der Waals surface area contributed by atoms with Crippen LogP contribution in [0.4, 0.5) is 0 Å². The summed E-state index contributed by atoms with van der Waals surface area (Å²) in [5, 5.41) is 2.93. The number of hydrogen-bond donors (Lipinski definition) is 0. The second-order valence-corrected chi connectivity index (χ2v) is 20.2. The van der Waals surface area contributed by atoms with E-state index < -0.39 is 17.6 Å². The van der Waals surface area contributed by atoms with Crippen molar-refractivity contribution < 1.29 is 17.1 Å². The molecule has 7 heteroatoms. The predicted molar refractivity (Wildman–Crippen MR) is 169 cm³/mol. The smallest absolute Gasteiger partial charge is 0.0886 e. The van der Waals surface area contributed by atoms with Crippen molar-refractivity contribution in [2.45, 2.75) is 77.6 Å². The van der Waals surface area contributed by atoms with Crippen LogP contribution in [0.15, 0.2) is 85.5 Å². The summed E-state index contributed by atoms with van der Waals surface area (Å²) in [6.07, 6.45) is 7.76. The molecular formula is C32H44FeN4Si2. The van der Waals surface area contributed by atoms with Crippen LogP contribution in [-0.2, 0) is 17.1 Å². The Labute approximate surface area is 249 Å². The number of aromatic nitrogens is 4. The maximum absolute atomic E-state index is 4.61. The van der Waals surface area contributed by atoms with Crippen molar-refractivity contribution in [2.75, 3.05) is 0 Å². The van der Waals surface area contributed by atoms with Gasteiger partial charge in [0, 0.05) is 41.9 Å². The monoisotopic (exact) mass is 596 g/mol. The molecule has 0 aromatic carbocycles. The Morgan fingerprint density at radius 2 is 0.769 bits per heavy atom. The van der Waals surface area contributed by atoms with Crippen LogP contribution in [0.1, 0.15) is 55.4 Å². The quantitative estimate of drug-likeness (QED) is 0.210. The zero-order valence-electron chi connectivity index (χ0n) is 24.7. The molecule has 4 nitrogen and oxygen atoms in total. The Hall–Kier alpha value is -2.45. The molecule has 0 radical (unpaired) electrons. The third-order valence-electron chi connectivity index (χ3n) is 7.07. The Balaban J connectivity index is 0.000000267. The van der Waals surface area contributed by atoms with E-state index in [9.17, 15) is 0 Å². The van der Waals surface area contributed by atoms with Crippen LogP contribution >= 0.6 is 0 Å². The van der Waals surface area contributed by atoms with E-state index in [-0.39, 0.29) is 17.1 Å². The minimum absolute atomic E-state index is 0. The average molecular weight is 597 g/mol. The summed E-state index contributed by atoms with van der Waals surface area (Å²) in [6, 6.07) is 20.6. The van der Waals surface area contributed by atoms with Gasteiger partial charge in [0.05, 0.1) is 40.4 Å². The Kier molecular flexibility index (Phi) is 13.4. The molecule has 0 saturated carbocycles. The molecule has 0 aliphatic carbocycles. The molecule has 39 heavy (non-hydrogen) atoms. The van der Waals surface area contributed by atoms with E-state index in [4.69, 9.17) is 0 Å². The largest absolute Gasteiger partial charge is 0.255 e. The number of hydrogen-bond acceptors (Lipinski definition) is 4. The molecule has 0 spiro atoms. The molecule has 0 N–H and O–H groups in total. The summed E-state index contributed by atoms with van der Waals surface area (Å²) in [6.45, 7) is 18.7. The first-order valence-corrected chi connectivity index (χ1v) is 17.8. The van der Waals surface area contributed by atoms with Crippen molar-refractivity contribution in [2.24, 2.45) is 0 Å². The van der Waals surface area contributed by atoms with Gasteiger partial charge in [-0.3, -0.25) is 19.9 Å². The molecule has 0 saturated heterocycles. The minimum Gasteiger partial charge on any atom is -0.255 e. The van der Waals surface area contributed by atoms with Crippen molar-refractivity contribution in [3.8, 4) is 22.8 Å². The van der Waals surface area contributed by atoms with E-state index in [0.29, 0.717) is 0 Å². The molecule has 0 aliphatic rings. The van der Waals surface area contributed by atoms with Crippen LogP contribution < -0.4 is 10.4 Å². The maximum Gasteiger partial charge on any atom is 0.0886 e. The van der Waals surface area contributed by atoms with Gasteiger partial charge in [0.2, 0.25) is 0 Å². The van der Waals surface area contributed by atoms with Gasteiger partial charge >= 0.3 is 0 Å². The van der Waals surface area contributed by atoms with Gasteiger partial charge < -0.3 is 0 Å². The Bertz CT molecular complexity index is 1100. The molecule has 0 amide bonds. The van der Waals surface area contributed by atoms with Gasteiger partial charge in [-0.15, -0.1) is 0 Å². The number of nitrogens with zero attached hydrogens (tertiary/aromatic N) is 4. The zero-order chi connectivity index (χ0) is 27.7. The van der Waals surface area contributed by atoms with Crippen molar-refractivity contribution in [1.29, 1.82) is 0 Å². The molecule has 0 aliphatic heterocycles. The van der Waals surface area contributed by atoms with Gasteiger partial charge in [0.15, 0.2) is 0 Å². The van der Waals surface area contributed by atoms with Crippen LogP contribution in [0.5, 0.6) is 0 Å². The summed E-state index contributed by atoms with van der Waals surface area (Å²) in [7, 11) is -1.87. The van der Waals surface area contributed by atoms with Crippen molar-refractivity contribution in [3.63, 3.8) is 0 Å². The van der Waals surface area contributed by atoms with Crippen molar-refractivity contribution >= 4 is 28.0 Å². The Morgan fingerprint density at radius 1 is 0.436 bits per heavy atom. The molecule has 0 unspecified atom stereocenters. The Morgan fingerprint density at radius 3 is 1.00 bits per heavy atom. The molecule has 4 heterocycles. The van der Waals surface area contributed by atoms with Crippen LogP contribution in [-0.4, -0.2) is 37.5 Å². The van der Waals surface area contributed by atoms with Crippen LogP contribution in [0, 0.1) is 0 Å². The minimum atomic E-state index is -0.936. The zero-order valence-corrected chi connectivity index (χ0v) is 28.1. The first-order valence-electron chi connectivity index (χ1n) is 13.9. The van der Waals surface area contributed by atoms with Crippen LogP contribution in [0.2, 0.25) is 22.2 Å². The summed E-state index contributed by atoms with van der Waals surface area (Å²) in [5.41, 5.74) is 6.88. The van der Waals surface area contributed by atoms with Gasteiger partial charge in [-0.2, -0.15) is 0 Å². The third-order valence-corrected chi connectivity index (χ3v) is 15.0. The molecule has 208 valence electrons.